The molecule has 1 atom stereocenters. The van der Waals surface area contributed by atoms with Crippen molar-refractivity contribution in [1.29, 1.82) is 0 Å². The van der Waals surface area contributed by atoms with E-state index in [2.05, 4.69) is 0 Å². The first-order valence-corrected chi connectivity index (χ1v) is 4.30. The maximum atomic E-state index is 11.5. The third kappa shape index (κ3) is 1.65. The molecule has 1 fully saturated rings. The Kier molecular flexibility index (Phi) is 2.50. The number of hydrogen-bond donors (Lipinski definition) is 0. The zero-order valence-electron chi connectivity index (χ0n) is 7.83. The molecule has 3 nitrogen and oxygen atoms in total. The fraction of sp³-hybridized carbons (Fsp3) is 0.778. The molecular weight excluding hydrogens is 154 g/mol. The van der Waals surface area contributed by atoms with Crippen LogP contribution in [0.5, 0.6) is 0 Å². The standard InChI is InChI=1S/C9H15NO2/c1-6(2)9(12)7-4-8(11)10(3)5-7/h6-7H,4-5H2,1-3H3. The molecule has 1 unspecified atom stereocenters. The summed E-state index contributed by atoms with van der Waals surface area (Å²) in [6, 6.07) is 0. The van der Waals surface area contributed by atoms with E-state index in [0.29, 0.717) is 13.0 Å². The molecule has 1 saturated heterocycles. The maximum Gasteiger partial charge on any atom is 0.223 e. The number of nitrogens with zero attached hydrogens (tertiary/aromatic N) is 1. The average Bonchev–Trinajstić information content (AvgIpc) is 2.30. The van der Waals surface area contributed by atoms with Crippen LogP contribution in [0.4, 0.5) is 0 Å². The Bertz CT molecular complexity index is 211. The lowest BCUT2D eigenvalue weighted by Crippen LogP contribution is -2.23. The smallest absolute Gasteiger partial charge is 0.223 e. The number of Topliss-reactive ketones (excluding diaryl/α,β-unsaturated/α-hetero) is 1. The van der Waals surface area contributed by atoms with Gasteiger partial charge in [0.2, 0.25) is 5.91 Å². The number of carbonyl (C=O) groups excluding carboxylic acids is 2. The monoisotopic (exact) mass is 169 g/mol. The van der Waals surface area contributed by atoms with Gasteiger partial charge >= 0.3 is 0 Å². The normalized spacial score (nSPS) is 23.8. The van der Waals surface area contributed by atoms with Crippen molar-refractivity contribution in [3.63, 3.8) is 0 Å². The molecule has 1 aliphatic rings. The summed E-state index contributed by atoms with van der Waals surface area (Å²) in [7, 11) is 1.75. The van der Waals surface area contributed by atoms with Gasteiger partial charge in [-0.3, -0.25) is 9.59 Å². The van der Waals surface area contributed by atoms with E-state index in [-0.39, 0.29) is 23.5 Å². The first kappa shape index (κ1) is 9.23. The van der Waals surface area contributed by atoms with Crippen LogP contribution in [0.3, 0.4) is 0 Å². The highest BCUT2D eigenvalue weighted by Crippen LogP contribution is 2.19. The van der Waals surface area contributed by atoms with Gasteiger partial charge in [0.15, 0.2) is 0 Å². The topological polar surface area (TPSA) is 37.4 Å². The molecule has 0 aromatic carbocycles. The minimum atomic E-state index is -0.0532. The number of hydrogen-bond acceptors (Lipinski definition) is 2. The molecule has 0 aromatic rings. The summed E-state index contributed by atoms with van der Waals surface area (Å²) in [6.07, 6.45) is 0.410. The summed E-state index contributed by atoms with van der Waals surface area (Å²) in [5.74, 6) is 0.304. The third-order valence-corrected chi connectivity index (χ3v) is 2.31. The Morgan fingerprint density at radius 1 is 1.58 bits per heavy atom. The molecule has 1 rings (SSSR count). The van der Waals surface area contributed by atoms with Crippen LogP contribution in [-0.2, 0) is 9.59 Å². The Labute approximate surface area is 72.7 Å². The van der Waals surface area contributed by atoms with Crippen LogP contribution in [0.15, 0.2) is 0 Å². The first-order chi connectivity index (χ1) is 5.52. The van der Waals surface area contributed by atoms with Gasteiger partial charge in [0.25, 0.3) is 0 Å². The largest absolute Gasteiger partial charge is 0.345 e. The van der Waals surface area contributed by atoms with E-state index in [9.17, 15) is 9.59 Å². The minimum absolute atomic E-state index is 0.0503. The highest BCUT2D eigenvalue weighted by Gasteiger charge is 2.32. The molecule has 0 aromatic heterocycles. The second-order valence-electron chi connectivity index (χ2n) is 3.73. The summed E-state index contributed by atoms with van der Waals surface area (Å²) >= 11 is 0. The average molecular weight is 169 g/mol. The zero-order valence-corrected chi connectivity index (χ0v) is 7.83. The molecule has 3 heteroatoms. The molecule has 1 heterocycles. The molecule has 1 amide bonds. The van der Waals surface area contributed by atoms with Crippen LogP contribution in [-0.4, -0.2) is 30.2 Å². The molecule has 0 bridgehead atoms. The van der Waals surface area contributed by atoms with Crippen molar-refractivity contribution in [2.75, 3.05) is 13.6 Å². The Hall–Kier alpha value is -0.860. The second-order valence-corrected chi connectivity index (χ2v) is 3.73. The van der Waals surface area contributed by atoms with Gasteiger partial charge in [-0.05, 0) is 0 Å². The lowest BCUT2D eigenvalue weighted by Gasteiger charge is -2.10. The van der Waals surface area contributed by atoms with Crippen molar-refractivity contribution in [1.82, 2.24) is 4.90 Å². The van der Waals surface area contributed by atoms with Crippen LogP contribution in [0.2, 0.25) is 0 Å². The fourth-order valence-electron chi connectivity index (χ4n) is 1.53. The minimum Gasteiger partial charge on any atom is -0.345 e. The SMILES string of the molecule is CC(C)C(=O)C1CC(=O)N(C)C1. The van der Waals surface area contributed by atoms with E-state index in [1.807, 2.05) is 13.8 Å². The predicted octanol–water partition coefficient (Wildman–Crippen LogP) is 0.690. The van der Waals surface area contributed by atoms with Gasteiger partial charge in [0.1, 0.15) is 5.78 Å². The molecule has 68 valence electrons. The Balaban J connectivity index is 2.57. The highest BCUT2D eigenvalue weighted by molar-refractivity contribution is 5.91. The van der Waals surface area contributed by atoms with Crippen LogP contribution in [0, 0.1) is 11.8 Å². The molecule has 0 spiro atoms. The Morgan fingerprint density at radius 2 is 2.17 bits per heavy atom. The first-order valence-electron chi connectivity index (χ1n) is 4.30. The molecule has 0 aliphatic carbocycles. The van der Waals surface area contributed by atoms with Gasteiger partial charge in [-0.25, -0.2) is 0 Å². The molecular formula is C9H15NO2. The molecule has 0 radical (unpaired) electrons. The van der Waals surface area contributed by atoms with Gasteiger partial charge in [-0.1, -0.05) is 13.8 Å². The van der Waals surface area contributed by atoms with Gasteiger partial charge in [0.05, 0.1) is 0 Å². The van der Waals surface area contributed by atoms with Gasteiger partial charge in [-0.2, -0.15) is 0 Å². The summed E-state index contributed by atoms with van der Waals surface area (Å²) in [5, 5.41) is 0. The number of ketones is 1. The van der Waals surface area contributed by atoms with E-state index >= 15 is 0 Å². The number of likely N-dealkylation sites (tertiary alicyclic amines) is 1. The van der Waals surface area contributed by atoms with Gasteiger partial charge < -0.3 is 4.90 Å². The molecule has 1 aliphatic heterocycles. The van der Waals surface area contributed by atoms with E-state index in [1.54, 1.807) is 11.9 Å². The van der Waals surface area contributed by atoms with Crippen molar-refractivity contribution in [2.24, 2.45) is 11.8 Å². The van der Waals surface area contributed by atoms with E-state index in [0.717, 1.165) is 0 Å². The fourth-order valence-corrected chi connectivity index (χ4v) is 1.53. The lowest BCUT2D eigenvalue weighted by atomic mass is 9.95. The van der Waals surface area contributed by atoms with Crippen molar-refractivity contribution >= 4 is 11.7 Å². The van der Waals surface area contributed by atoms with Crippen LogP contribution < -0.4 is 0 Å². The number of carbonyl (C=O) groups is 2. The van der Waals surface area contributed by atoms with Crippen LogP contribution in [0.25, 0.3) is 0 Å². The van der Waals surface area contributed by atoms with Gasteiger partial charge in [-0.15, -0.1) is 0 Å². The second kappa shape index (κ2) is 3.25. The van der Waals surface area contributed by atoms with Crippen LogP contribution >= 0.6 is 0 Å². The van der Waals surface area contributed by atoms with E-state index < -0.39 is 0 Å². The maximum absolute atomic E-state index is 11.5. The van der Waals surface area contributed by atoms with Crippen molar-refractivity contribution < 1.29 is 9.59 Å². The summed E-state index contributed by atoms with van der Waals surface area (Å²) in [6.45, 7) is 4.37. The molecule has 0 saturated carbocycles. The molecule has 12 heavy (non-hydrogen) atoms. The van der Waals surface area contributed by atoms with Gasteiger partial charge in [0, 0.05) is 31.8 Å². The third-order valence-electron chi connectivity index (χ3n) is 2.31. The van der Waals surface area contributed by atoms with E-state index in [1.165, 1.54) is 0 Å². The van der Waals surface area contributed by atoms with Crippen LogP contribution in [0.1, 0.15) is 20.3 Å². The summed E-state index contributed by atoms with van der Waals surface area (Å²) in [5.41, 5.74) is 0. The van der Waals surface area contributed by atoms with E-state index in [4.69, 9.17) is 0 Å². The van der Waals surface area contributed by atoms with Crippen molar-refractivity contribution in [3.8, 4) is 0 Å². The Morgan fingerprint density at radius 3 is 2.50 bits per heavy atom. The number of rotatable bonds is 2. The molecule has 0 N–H and O–H groups in total. The zero-order chi connectivity index (χ0) is 9.30. The highest BCUT2D eigenvalue weighted by atomic mass is 16.2. The quantitative estimate of drug-likeness (QED) is 0.610. The number of amides is 1. The van der Waals surface area contributed by atoms with Crippen molar-refractivity contribution in [2.45, 2.75) is 20.3 Å². The summed E-state index contributed by atoms with van der Waals surface area (Å²) < 4.78 is 0. The predicted molar refractivity (Wildman–Crippen MR) is 45.6 cm³/mol. The lowest BCUT2D eigenvalue weighted by molar-refractivity contribution is -0.128. The van der Waals surface area contributed by atoms with Crippen molar-refractivity contribution in [3.05, 3.63) is 0 Å². The summed E-state index contributed by atoms with van der Waals surface area (Å²) in [4.78, 5) is 24.2.